The van der Waals surface area contributed by atoms with Crippen molar-refractivity contribution in [1.29, 1.82) is 5.26 Å². The Morgan fingerprint density at radius 1 is 1.03 bits per heavy atom. The molecule has 2 aromatic carbocycles. The normalized spacial score (nSPS) is 15.2. The van der Waals surface area contributed by atoms with Crippen LogP contribution in [0, 0.1) is 23.0 Å². The predicted molar refractivity (Wildman–Crippen MR) is 104 cm³/mol. The zero-order valence-corrected chi connectivity index (χ0v) is 16.4. The van der Waals surface area contributed by atoms with Gasteiger partial charge in [-0.05, 0) is 30.3 Å². The maximum absolute atomic E-state index is 14.0. The number of anilines is 1. The number of hydrogen-bond acceptors (Lipinski definition) is 6. The number of nitriles is 1. The minimum absolute atomic E-state index is 0.0184. The number of piperazine rings is 1. The van der Waals surface area contributed by atoms with Crippen LogP contribution in [0.5, 0.6) is 0 Å². The van der Waals surface area contributed by atoms with Gasteiger partial charge in [0.15, 0.2) is 0 Å². The molecule has 1 fully saturated rings. The molecule has 30 heavy (non-hydrogen) atoms. The fraction of sp³-hybridized carbons (Fsp3) is 0.200. The van der Waals surface area contributed by atoms with Crippen LogP contribution in [0.25, 0.3) is 11.5 Å². The number of hydrogen-bond donors (Lipinski definition) is 0. The second-order valence-corrected chi connectivity index (χ2v) is 8.52. The third-order valence-electron chi connectivity index (χ3n) is 4.77. The second kappa shape index (κ2) is 7.85. The summed E-state index contributed by atoms with van der Waals surface area (Å²) in [5, 5.41) is 9.41. The van der Waals surface area contributed by atoms with Crippen LogP contribution < -0.4 is 4.90 Å². The van der Waals surface area contributed by atoms with E-state index >= 15 is 0 Å². The van der Waals surface area contributed by atoms with Crippen molar-refractivity contribution >= 4 is 15.9 Å². The smallest absolute Gasteiger partial charge is 0.246 e. The Hall–Kier alpha value is -3.29. The van der Waals surface area contributed by atoms with Crippen molar-refractivity contribution in [2.45, 2.75) is 4.90 Å². The summed E-state index contributed by atoms with van der Waals surface area (Å²) in [5.74, 6) is -1.29. The lowest BCUT2D eigenvalue weighted by Gasteiger charge is -2.33. The monoisotopic (exact) mass is 430 g/mol. The van der Waals surface area contributed by atoms with E-state index in [2.05, 4.69) is 4.98 Å². The molecule has 0 unspecified atom stereocenters. The predicted octanol–water partition coefficient (Wildman–Crippen LogP) is 3.00. The van der Waals surface area contributed by atoms with Gasteiger partial charge in [0.05, 0.1) is 0 Å². The first-order chi connectivity index (χ1) is 14.4. The third kappa shape index (κ3) is 3.65. The van der Waals surface area contributed by atoms with Gasteiger partial charge in [-0.2, -0.15) is 14.6 Å². The molecule has 0 atom stereocenters. The molecule has 10 heteroatoms. The van der Waals surface area contributed by atoms with E-state index in [0.29, 0.717) is 17.5 Å². The topological polar surface area (TPSA) is 90.4 Å². The third-order valence-corrected chi connectivity index (χ3v) is 6.69. The van der Waals surface area contributed by atoms with Crippen molar-refractivity contribution in [3.8, 4) is 17.5 Å². The van der Waals surface area contributed by atoms with Crippen LogP contribution >= 0.6 is 0 Å². The van der Waals surface area contributed by atoms with Gasteiger partial charge in [0.1, 0.15) is 22.6 Å². The first-order valence-electron chi connectivity index (χ1n) is 9.06. The Morgan fingerprint density at radius 3 is 2.40 bits per heavy atom. The first kappa shape index (κ1) is 20.0. The summed E-state index contributed by atoms with van der Waals surface area (Å²) >= 11 is 0. The van der Waals surface area contributed by atoms with Crippen molar-refractivity contribution in [3.05, 3.63) is 65.9 Å². The van der Waals surface area contributed by atoms with Gasteiger partial charge in [-0.25, -0.2) is 17.2 Å². The van der Waals surface area contributed by atoms with Crippen LogP contribution in [0.2, 0.25) is 0 Å². The summed E-state index contributed by atoms with van der Waals surface area (Å²) in [6.07, 6.45) is 0. The molecular formula is C20H16F2N4O3S. The Kier molecular flexibility index (Phi) is 5.24. The zero-order valence-electron chi connectivity index (χ0n) is 15.6. The molecule has 2 heterocycles. The lowest BCUT2D eigenvalue weighted by atomic mass is 10.2. The second-order valence-electron chi connectivity index (χ2n) is 6.62. The molecule has 0 saturated carbocycles. The summed E-state index contributed by atoms with van der Waals surface area (Å²) < 4.78 is 59.8. The minimum atomic E-state index is -4.19. The van der Waals surface area contributed by atoms with Gasteiger partial charge in [0.2, 0.25) is 27.5 Å². The molecule has 0 N–H and O–H groups in total. The molecule has 1 saturated heterocycles. The van der Waals surface area contributed by atoms with Gasteiger partial charge in [-0.15, -0.1) is 0 Å². The Bertz CT molecular complexity index is 1210. The number of nitrogens with zero attached hydrogens (tertiary/aromatic N) is 4. The number of aromatic nitrogens is 1. The molecule has 154 valence electrons. The van der Waals surface area contributed by atoms with Crippen LogP contribution in [0.1, 0.15) is 5.69 Å². The van der Waals surface area contributed by atoms with Crippen molar-refractivity contribution in [2.24, 2.45) is 0 Å². The number of benzene rings is 2. The maximum Gasteiger partial charge on any atom is 0.246 e. The average molecular weight is 430 g/mol. The summed E-state index contributed by atoms with van der Waals surface area (Å²) in [5.41, 5.74) is 0.810. The molecule has 1 aliphatic heterocycles. The van der Waals surface area contributed by atoms with Crippen LogP contribution in [-0.2, 0) is 10.0 Å². The van der Waals surface area contributed by atoms with E-state index in [1.165, 1.54) is 0 Å². The summed E-state index contributed by atoms with van der Waals surface area (Å²) in [4.78, 5) is 5.24. The number of halogens is 2. The van der Waals surface area contributed by atoms with Crippen LogP contribution in [-0.4, -0.2) is 43.9 Å². The molecule has 3 aromatic rings. The van der Waals surface area contributed by atoms with E-state index in [1.807, 2.05) is 24.3 Å². The largest absolute Gasteiger partial charge is 0.419 e. The molecule has 1 aromatic heterocycles. The fourth-order valence-electron chi connectivity index (χ4n) is 3.25. The van der Waals surface area contributed by atoms with Crippen molar-refractivity contribution in [1.82, 2.24) is 9.29 Å². The van der Waals surface area contributed by atoms with E-state index < -0.39 is 26.6 Å². The fourth-order valence-corrected chi connectivity index (χ4v) is 4.75. The van der Waals surface area contributed by atoms with Crippen LogP contribution in [0.3, 0.4) is 0 Å². The molecule has 0 aliphatic carbocycles. The molecule has 0 bridgehead atoms. The highest BCUT2D eigenvalue weighted by Crippen LogP contribution is 2.30. The highest BCUT2D eigenvalue weighted by Gasteiger charge is 2.33. The average Bonchev–Trinajstić information content (AvgIpc) is 3.20. The minimum Gasteiger partial charge on any atom is -0.419 e. The molecule has 7 nitrogen and oxygen atoms in total. The molecule has 0 amide bonds. The quantitative estimate of drug-likeness (QED) is 0.632. The molecule has 0 radical (unpaired) electrons. The zero-order chi connectivity index (χ0) is 21.3. The summed E-state index contributed by atoms with van der Waals surface area (Å²) in [6.45, 7) is 0.442. The Balaban J connectivity index is 1.55. The van der Waals surface area contributed by atoms with E-state index in [1.54, 1.807) is 17.0 Å². The van der Waals surface area contributed by atoms with Crippen molar-refractivity contribution in [3.63, 3.8) is 0 Å². The number of oxazole rings is 1. The SMILES string of the molecule is N#Cc1nc(-c2ccccc2)oc1N1CCN(S(=O)(=O)c2cc(F)ccc2F)CC1. The van der Waals surface area contributed by atoms with Crippen LogP contribution in [0.15, 0.2) is 57.8 Å². The molecular weight excluding hydrogens is 414 g/mol. The van der Waals surface area contributed by atoms with Crippen LogP contribution in [0.4, 0.5) is 14.7 Å². The van der Waals surface area contributed by atoms with E-state index in [9.17, 15) is 22.5 Å². The summed E-state index contributed by atoms with van der Waals surface area (Å²) in [7, 11) is -4.19. The summed E-state index contributed by atoms with van der Waals surface area (Å²) in [6, 6.07) is 13.4. The van der Waals surface area contributed by atoms with Gasteiger partial charge < -0.3 is 9.32 Å². The lowest BCUT2D eigenvalue weighted by molar-refractivity contribution is 0.372. The standard InChI is InChI=1S/C20H16F2N4O3S/c21-15-6-7-16(22)18(12-15)30(27,28)26-10-8-25(9-11-26)20-17(13-23)24-19(29-20)14-4-2-1-3-5-14/h1-7,12H,8-11H2. The van der Waals surface area contributed by atoms with Crippen molar-refractivity contribution in [2.75, 3.05) is 31.1 Å². The Morgan fingerprint density at radius 2 is 1.73 bits per heavy atom. The maximum atomic E-state index is 14.0. The van der Waals surface area contributed by atoms with Crippen molar-refractivity contribution < 1.29 is 21.6 Å². The van der Waals surface area contributed by atoms with Gasteiger partial charge in [-0.1, -0.05) is 18.2 Å². The molecule has 4 rings (SSSR count). The highest BCUT2D eigenvalue weighted by atomic mass is 32.2. The lowest BCUT2D eigenvalue weighted by Crippen LogP contribution is -2.49. The molecule has 1 aliphatic rings. The van der Waals surface area contributed by atoms with Gasteiger partial charge in [0.25, 0.3) is 0 Å². The van der Waals surface area contributed by atoms with E-state index in [4.69, 9.17) is 4.42 Å². The van der Waals surface area contributed by atoms with Gasteiger partial charge >= 0.3 is 0 Å². The number of sulfonamides is 1. The van der Waals surface area contributed by atoms with Gasteiger partial charge in [-0.3, -0.25) is 0 Å². The van der Waals surface area contributed by atoms with E-state index in [0.717, 1.165) is 16.4 Å². The van der Waals surface area contributed by atoms with E-state index in [-0.39, 0.29) is 37.8 Å². The number of rotatable bonds is 4. The Labute approximate surface area is 171 Å². The highest BCUT2D eigenvalue weighted by molar-refractivity contribution is 7.89. The first-order valence-corrected chi connectivity index (χ1v) is 10.5. The molecule has 0 spiro atoms. The van der Waals surface area contributed by atoms with Gasteiger partial charge in [0, 0.05) is 31.7 Å².